The Balaban J connectivity index is 2.47. The first-order valence-electron chi connectivity index (χ1n) is 4.90. The summed E-state index contributed by atoms with van der Waals surface area (Å²) in [5.74, 6) is -0.245. The third kappa shape index (κ3) is 2.61. The summed E-state index contributed by atoms with van der Waals surface area (Å²) in [6, 6.07) is 0. The van der Waals surface area contributed by atoms with Gasteiger partial charge in [-0.1, -0.05) is 0 Å². The van der Waals surface area contributed by atoms with Crippen LogP contribution in [0.2, 0.25) is 0 Å². The molecule has 5 heteroatoms. The number of hydrogen-bond donors (Lipinski definition) is 2. The number of piperidine rings is 1. The molecule has 1 rings (SSSR count). The molecule has 0 aromatic carbocycles. The zero-order chi connectivity index (χ0) is 10.6. The van der Waals surface area contributed by atoms with E-state index in [0.717, 1.165) is 19.4 Å². The van der Waals surface area contributed by atoms with Crippen LogP contribution in [0.15, 0.2) is 0 Å². The van der Waals surface area contributed by atoms with E-state index in [9.17, 15) is 4.79 Å². The number of nitrogens with one attached hydrogen (secondary N) is 1. The smallest absolute Gasteiger partial charge is 0.310 e. The van der Waals surface area contributed by atoms with Crippen LogP contribution in [0.3, 0.4) is 0 Å². The summed E-state index contributed by atoms with van der Waals surface area (Å²) in [6.45, 7) is 3.50. The zero-order valence-corrected chi connectivity index (χ0v) is 8.45. The van der Waals surface area contributed by atoms with E-state index in [1.165, 1.54) is 0 Å². The molecule has 14 heavy (non-hydrogen) atoms. The van der Waals surface area contributed by atoms with E-state index in [0.29, 0.717) is 13.2 Å². The first kappa shape index (κ1) is 10.8. The van der Waals surface area contributed by atoms with E-state index in [1.807, 2.05) is 0 Å². The van der Waals surface area contributed by atoms with Gasteiger partial charge in [0.2, 0.25) is 0 Å². The van der Waals surface area contributed by atoms with Gasteiger partial charge in [-0.2, -0.15) is 0 Å². The Hall–Kier alpha value is -1.26. The summed E-state index contributed by atoms with van der Waals surface area (Å²) in [5.41, 5.74) is 5.36. The predicted molar refractivity (Wildman–Crippen MR) is 52.8 cm³/mol. The first-order chi connectivity index (χ1) is 6.65. The number of carbonyl (C=O) groups is 1. The van der Waals surface area contributed by atoms with Gasteiger partial charge in [-0.15, -0.1) is 0 Å². The molecule has 0 aromatic heterocycles. The van der Waals surface area contributed by atoms with E-state index in [1.54, 1.807) is 11.8 Å². The summed E-state index contributed by atoms with van der Waals surface area (Å²) in [4.78, 5) is 13.1. The Bertz CT molecular complexity index is 230. The average Bonchev–Trinajstić information content (AvgIpc) is 2.18. The lowest BCUT2D eigenvalue weighted by atomic mass is 9.98. The third-order valence-electron chi connectivity index (χ3n) is 2.38. The molecule has 1 heterocycles. The van der Waals surface area contributed by atoms with E-state index >= 15 is 0 Å². The fourth-order valence-corrected chi connectivity index (χ4v) is 1.65. The van der Waals surface area contributed by atoms with Crippen LogP contribution in [-0.2, 0) is 9.53 Å². The van der Waals surface area contributed by atoms with E-state index in [2.05, 4.69) is 0 Å². The maximum Gasteiger partial charge on any atom is 0.310 e. The number of ether oxygens (including phenoxy) is 1. The SMILES string of the molecule is CCOC(=O)C1CCCN(C(=N)N)C1. The minimum absolute atomic E-state index is 0.0407. The van der Waals surface area contributed by atoms with E-state index in [-0.39, 0.29) is 17.8 Å². The van der Waals surface area contributed by atoms with Gasteiger partial charge < -0.3 is 15.4 Å². The molecule has 0 aromatic rings. The molecule has 0 saturated carbocycles. The van der Waals surface area contributed by atoms with Crippen molar-refractivity contribution < 1.29 is 9.53 Å². The van der Waals surface area contributed by atoms with Crippen molar-refractivity contribution >= 4 is 11.9 Å². The number of nitrogens with zero attached hydrogens (tertiary/aromatic N) is 1. The highest BCUT2D eigenvalue weighted by Crippen LogP contribution is 2.17. The van der Waals surface area contributed by atoms with Gasteiger partial charge in [0.25, 0.3) is 0 Å². The first-order valence-corrected chi connectivity index (χ1v) is 4.90. The lowest BCUT2D eigenvalue weighted by Crippen LogP contribution is -2.45. The number of nitrogens with two attached hydrogens (primary N) is 1. The number of hydrogen-bond acceptors (Lipinski definition) is 3. The fraction of sp³-hybridized carbons (Fsp3) is 0.778. The molecular formula is C9H17N3O2. The molecule has 1 aliphatic rings. The molecule has 0 aliphatic carbocycles. The minimum atomic E-state index is -0.168. The summed E-state index contributed by atoms with van der Waals surface area (Å²) < 4.78 is 4.93. The second-order valence-corrected chi connectivity index (χ2v) is 3.42. The maximum atomic E-state index is 11.4. The number of carbonyl (C=O) groups excluding carboxylic acids is 1. The Morgan fingerprint density at radius 2 is 2.43 bits per heavy atom. The monoisotopic (exact) mass is 199 g/mol. The normalized spacial score (nSPS) is 21.8. The molecule has 1 saturated heterocycles. The molecule has 1 aliphatic heterocycles. The van der Waals surface area contributed by atoms with E-state index in [4.69, 9.17) is 15.9 Å². The van der Waals surface area contributed by atoms with Crippen LogP contribution in [0.5, 0.6) is 0 Å². The quantitative estimate of drug-likeness (QED) is 0.377. The fourth-order valence-electron chi connectivity index (χ4n) is 1.65. The lowest BCUT2D eigenvalue weighted by molar-refractivity contribution is -0.149. The van der Waals surface area contributed by atoms with Crippen molar-refractivity contribution in [2.24, 2.45) is 11.7 Å². The molecule has 3 N–H and O–H groups in total. The van der Waals surface area contributed by atoms with Gasteiger partial charge in [-0.05, 0) is 19.8 Å². The summed E-state index contributed by atoms with van der Waals surface area (Å²) in [7, 11) is 0. The average molecular weight is 199 g/mol. The van der Waals surface area contributed by atoms with Crippen molar-refractivity contribution in [3.8, 4) is 0 Å². The number of guanidine groups is 1. The molecule has 0 bridgehead atoms. The van der Waals surface area contributed by atoms with E-state index < -0.39 is 0 Å². The number of likely N-dealkylation sites (tertiary alicyclic amines) is 1. The topological polar surface area (TPSA) is 79.4 Å². The summed E-state index contributed by atoms with van der Waals surface area (Å²) in [5, 5.41) is 7.27. The molecule has 1 fully saturated rings. The van der Waals surface area contributed by atoms with Crippen molar-refractivity contribution in [1.82, 2.24) is 4.90 Å². The van der Waals surface area contributed by atoms with Crippen molar-refractivity contribution in [2.45, 2.75) is 19.8 Å². The highest BCUT2D eigenvalue weighted by atomic mass is 16.5. The molecule has 0 amide bonds. The minimum Gasteiger partial charge on any atom is -0.466 e. The highest BCUT2D eigenvalue weighted by Gasteiger charge is 2.27. The molecule has 1 unspecified atom stereocenters. The van der Waals surface area contributed by atoms with Gasteiger partial charge in [0.15, 0.2) is 5.96 Å². The predicted octanol–water partition coefficient (Wildman–Crippen LogP) is 0.155. The highest BCUT2D eigenvalue weighted by molar-refractivity contribution is 5.77. The van der Waals surface area contributed by atoms with Crippen LogP contribution in [0.25, 0.3) is 0 Å². The Morgan fingerprint density at radius 3 is 3.00 bits per heavy atom. The lowest BCUT2D eigenvalue weighted by Gasteiger charge is -2.31. The molecule has 1 atom stereocenters. The van der Waals surface area contributed by atoms with Gasteiger partial charge in [0.1, 0.15) is 0 Å². The Kier molecular flexibility index (Phi) is 3.73. The standard InChI is InChI=1S/C9H17N3O2/c1-2-14-8(13)7-4-3-5-12(6-7)9(10)11/h7H,2-6H2,1H3,(H3,10,11). The van der Waals surface area contributed by atoms with Crippen molar-refractivity contribution in [1.29, 1.82) is 5.41 Å². The summed E-state index contributed by atoms with van der Waals surface area (Å²) >= 11 is 0. The summed E-state index contributed by atoms with van der Waals surface area (Å²) in [6.07, 6.45) is 1.73. The number of rotatable bonds is 2. The maximum absolute atomic E-state index is 11.4. The van der Waals surface area contributed by atoms with Crippen LogP contribution in [0.1, 0.15) is 19.8 Å². The van der Waals surface area contributed by atoms with Crippen LogP contribution >= 0.6 is 0 Å². The van der Waals surface area contributed by atoms with Crippen LogP contribution in [0, 0.1) is 11.3 Å². The molecule has 0 spiro atoms. The van der Waals surface area contributed by atoms with Gasteiger partial charge in [-0.25, -0.2) is 0 Å². The van der Waals surface area contributed by atoms with Gasteiger partial charge >= 0.3 is 5.97 Å². The van der Waals surface area contributed by atoms with Crippen molar-refractivity contribution in [3.05, 3.63) is 0 Å². The molecule has 0 radical (unpaired) electrons. The van der Waals surface area contributed by atoms with Crippen LogP contribution in [0.4, 0.5) is 0 Å². The van der Waals surface area contributed by atoms with Crippen LogP contribution < -0.4 is 5.73 Å². The second-order valence-electron chi connectivity index (χ2n) is 3.42. The van der Waals surface area contributed by atoms with Crippen molar-refractivity contribution in [2.75, 3.05) is 19.7 Å². The van der Waals surface area contributed by atoms with Crippen LogP contribution in [-0.4, -0.2) is 36.5 Å². The Labute approximate surface area is 83.7 Å². The van der Waals surface area contributed by atoms with Gasteiger partial charge in [0, 0.05) is 13.1 Å². The largest absolute Gasteiger partial charge is 0.466 e. The zero-order valence-electron chi connectivity index (χ0n) is 8.45. The van der Waals surface area contributed by atoms with Crippen molar-refractivity contribution in [3.63, 3.8) is 0 Å². The molecule has 5 nitrogen and oxygen atoms in total. The van der Waals surface area contributed by atoms with Gasteiger partial charge in [0.05, 0.1) is 12.5 Å². The van der Waals surface area contributed by atoms with Gasteiger partial charge in [-0.3, -0.25) is 10.2 Å². The number of esters is 1. The Morgan fingerprint density at radius 1 is 1.71 bits per heavy atom. The second kappa shape index (κ2) is 4.83. The molecular weight excluding hydrogens is 182 g/mol. The molecule has 80 valence electrons. The third-order valence-corrected chi connectivity index (χ3v) is 2.38.